The van der Waals surface area contributed by atoms with Gasteiger partial charge in [-0.3, -0.25) is 4.79 Å². The Bertz CT molecular complexity index is 424. The monoisotopic (exact) mass is 296 g/mol. The van der Waals surface area contributed by atoms with Crippen LogP contribution in [-0.4, -0.2) is 41.1 Å². The first-order chi connectivity index (χ1) is 9.62. The van der Waals surface area contributed by atoms with Crippen molar-refractivity contribution in [1.82, 2.24) is 10.2 Å². The summed E-state index contributed by atoms with van der Waals surface area (Å²) in [7, 11) is 0. The SMILES string of the molecule is CC1CCC2(CC2)CN1C(=O)[C@@H](C)NC(=O)OC(C)(C)C. The minimum absolute atomic E-state index is 0.000616. The second-order valence-electron chi connectivity index (χ2n) is 7.72. The number of carbonyl (C=O) groups is 2. The zero-order valence-electron chi connectivity index (χ0n) is 13.9. The number of nitrogens with zero attached hydrogens (tertiary/aromatic N) is 1. The lowest BCUT2D eigenvalue weighted by molar-refractivity contribution is -0.138. The molecule has 0 aromatic heterocycles. The Morgan fingerprint density at radius 2 is 1.90 bits per heavy atom. The molecule has 2 aliphatic rings. The molecule has 1 spiro atoms. The van der Waals surface area contributed by atoms with Crippen LogP contribution < -0.4 is 5.32 Å². The second-order valence-corrected chi connectivity index (χ2v) is 7.72. The van der Waals surface area contributed by atoms with Gasteiger partial charge in [0, 0.05) is 12.6 Å². The van der Waals surface area contributed by atoms with E-state index < -0.39 is 17.7 Å². The average molecular weight is 296 g/mol. The predicted octanol–water partition coefficient (Wildman–Crippen LogP) is 2.69. The second kappa shape index (κ2) is 5.50. The van der Waals surface area contributed by atoms with Crippen molar-refractivity contribution in [3.05, 3.63) is 0 Å². The van der Waals surface area contributed by atoms with Crippen LogP contribution in [-0.2, 0) is 9.53 Å². The molecule has 0 radical (unpaired) electrons. The van der Waals surface area contributed by atoms with Gasteiger partial charge in [-0.1, -0.05) is 0 Å². The van der Waals surface area contributed by atoms with Gasteiger partial charge in [0.15, 0.2) is 0 Å². The Labute approximate surface area is 127 Å². The molecule has 1 heterocycles. The Kier molecular flexibility index (Phi) is 4.22. The van der Waals surface area contributed by atoms with E-state index in [2.05, 4.69) is 12.2 Å². The van der Waals surface area contributed by atoms with E-state index in [1.165, 1.54) is 19.3 Å². The summed E-state index contributed by atoms with van der Waals surface area (Å²) in [5.41, 5.74) is -0.169. The highest BCUT2D eigenvalue weighted by molar-refractivity contribution is 5.85. The van der Waals surface area contributed by atoms with Crippen LogP contribution in [0.4, 0.5) is 4.79 Å². The highest BCUT2D eigenvalue weighted by atomic mass is 16.6. The lowest BCUT2D eigenvalue weighted by Crippen LogP contribution is -2.54. The maximum absolute atomic E-state index is 12.6. The van der Waals surface area contributed by atoms with Crippen LogP contribution in [0.25, 0.3) is 0 Å². The van der Waals surface area contributed by atoms with E-state index in [-0.39, 0.29) is 11.9 Å². The molecule has 5 heteroatoms. The number of amides is 2. The number of hydrogen-bond acceptors (Lipinski definition) is 3. The lowest BCUT2D eigenvalue weighted by atomic mass is 9.90. The van der Waals surface area contributed by atoms with Crippen molar-refractivity contribution in [2.24, 2.45) is 5.41 Å². The molecular weight excluding hydrogens is 268 g/mol. The minimum atomic E-state index is -0.552. The molecule has 0 aromatic carbocycles. The molecule has 21 heavy (non-hydrogen) atoms. The summed E-state index contributed by atoms with van der Waals surface area (Å²) in [5.74, 6) is -0.000616. The molecular formula is C16H28N2O3. The largest absolute Gasteiger partial charge is 0.444 e. The summed E-state index contributed by atoms with van der Waals surface area (Å²) < 4.78 is 5.21. The summed E-state index contributed by atoms with van der Waals surface area (Å²) in [4.78, 5) is 26.3. The van der Waals surface area contributed by atoms with Gasteiger partial charge in [0.25, 0.3) is 0 Å². The molecule has 120 valence electrons. The van der Waals surface area contributed by atoms with Crippen molar-refractivity contribution in [2.45, 2.75) is 78.0 Å². The lowest BCUT2D eigenvalue weighted by Gasteiger charge is -2.39. The summed E-state index contributed by atoms with van der Waals surface area (Å²) in [6.07, 6.45) is 4.22. The number of hydrogen-bond donors (Lipinski definition) is 1. The van der Waals surface area contributed by atoms with Crippen LogP contribution in [0.2, 0.25) is 0 Å². The van der Waals surface area contributed by atoms with Gasteiger partial charge in [-0.05, 0) is 65.7 Å². The summed E-state index contributed by atoms with van der Waals surface area (Å²) >= 11 is 0. The van der Waals surface area contributed by atoms with Crippen molar-refractivity contribution < 1.29 is 14.3 Å². The van der Waals surface area contributed by atoms with Gasteiger partial charge in [0.05, 0.1) is 0 Å². The molecule has 1 N–H and O–H groups in total. The first kappa shape index (κ1) is 16.1. The molecule has 2 atom stereocenters. The number of rotatable bonds is 2. The van der Waals surface area contributed by atoms with Crippen molar-refractivity contribution in [1.29, 1.82) is 0 Å². The Morgan fingerprint density at radius 3 is 2.43 bits per heavy atom. The molecule has 2 rings (SSSR count). The number of ether oxygens (including phenoxy) is 1. The van der Waals surface area contributed by atoms with Gasteiger partial charge in [0.2, 0.25) is 5.91 Å². The van der Waals surface area contributed by atoms with Crippen LogP contribution in [0, 0.1) is 5.41 Å². The predicted molar refractivity (Wildman–Crippen MR) is 80.9 cm³/mol. The zero-order chi connectivity index (χ0) is 15.8. The standard InChI is InChI=1S/C16H28N2O3/c1-11-6-7-16(8-9-16)10-18(11)13(19)12(2)17-14(20)21-15(3,4)5/h11-12H,6-10H2,1-5H3,(H,17,20)/t11?,12-/m1/s1. The quantitative estimate of drug-likeness (QED) is 0.852. The fourth-order valence-electron chi connectivity index (χ4n) is 2.94. The number of carbonyl (C=O) groups excluding carboxylic acids is 2. The summed E-state index contributed by atoms with van der Waals surface area (Å²) in [5, 5.41) is 2.65. The molecule has 2 fully saturated rings. The van der Waals surface area contributed by atoms with Gasteiger partial charge in [-0.25, -0.2) is 4.79 Å². The number of likely N-dealkylation sites (tertiary alicyclic amines) is 1. The first-order valence-corrected chi connectivity index (χ1v) is 7.92. The fraction of sp³-hybridized carbons (Fsp3) is 0.875. The highest BCUT2D eigenvalue weighted by Gasteiger charge is 2.48. The third-order valence-electron chi connectivity index (χ3n) is 4.47. The Balaban J connectivity index is 1.90. The fourth-order valence-corrected chi connectivity index (χ4v) is 2.94. The van der Waals surface area contributed by atoms with E-state index >= 15 is 0 Å². The summed E-state index contributed by atoms with van der Waals surface area (Å²) in [6, 6.07) is -0.289. The molecule has 5 nitrogen and oxygen atoms in total. The molecule has 1 aliphatic carbocycles. The molecule has 0 bridgehead atoms. The van der Waals surface area contributed by atoms with Crippen molar-refractivity contribution in [3.8, 4) is 0 Å². The Hall–Kier alpha value is -1.26. The first-order valence-electron chi connectivity index (χ1n) is 7.92. The van der Waals surface area contributed by atoms with Gasteiger partial charge < -0.3 is 15.0 Å². The topological polar surface area (TPSA) is 58.6 Å². The van der Waals surface area contributed by atoms with Crippen LogP contribution in [0.15, 0.2) is 0 Å². The van der Waals surface area contributed by atoms with Crippen LogP contribution >= 0.6 is 0 Å². The van der Waals surface area contributed by atoms with Crippen molar-refractivity contribution in [3.63, 3.8) is 0 Å². The maximum Gasteiger partial charge on any atom is 0.408 e. The number of piperidine rings is 1. The van der Waals surface area contributed by atoms with Gasteiger partial charge in [-0.15, -0.1) is 0 Å². The minimum Gasteiger partial charge on any atom is -0.444 e. The Morgan fingerprint density at radius 1 is 1.29 bits per heavy atom. The third-order valence-corrected chi connectivity index (χ3v) is 4.47. The smallest absolute Gasteiger partial charge is 0.408 e. The molecule has 1 saturated heterocycles. The molecule has 1 saturated carbocycles. The zero-order valence-corrected chi connectivity index (χ0v) is 13.9. The van der Waals surface area contributed by atoms with Crippen LogP contribution in [0.5, 0.6) is 0 Å². The van der Waals surface area contributed by atoms with Gasteiger partial charge in [-0.2, -0.15) is 0 Å². The molecule has 0 aromatic rings. The maximum atomic E-state index is 12.6. The van der Waals surface area contributed by atoms with Crippen LogP contribution in [0.1, 0.15) is 60.3 Å². The van der Waals surface area contributed by atoms with E-state index in [1.807, 2.05) is 25.7 Å². The van der Waals surface area contributed by atoms with Crippen LogP contribution in [0.3, 0.4) is 0 Å². The van der Waals surface area contributed by atoms with E-state index in [9.17, 15) is 9.59 Å². The molecule has 1 unspecified atom stereocenters. The van der Waals surface area contributed by atoms with Crippen molar-refractivity contribution in [2.75, 3.05) is 6.54 Å². The molecule has 1 aliphatic heterocycles. The van der Waals surface area contributed by atoms with Gasteiger partial charge >= 0.3 is 6.09 Å². The van der Waals surface area contributed by atoms with Crippen molar-refractivity contribution >= 4 is 12.0 Å². The average Bonchev–Trinajstić information content (AvgIpc) is 3.09. The van der Waals surface area contributed by atoms with Gasteiger partial charge in [0.1, 0.15) is 11.6 Å². The molecule has 2 amide bonds. The highest BCUT2D eigenvalue weighted by Crippen LogP contribution is 2.53. The normalized spacial score (nSPS) is 25.4. The van der Waals surface area contributed by atoms with E-state index in [1.54, 1.807) is 6.92 Å². The summed E-state index contributed by atoms with van der Waals surface area (Å²) in [6.45, 7) is 10.1. The number of alkyl carbamates (subject to hydrolysis) is 1. The number of nitrogens with one attached hydrogen (secondary N) is 1. The van der Waals surface area contributed by atoms with E-state index in [0.717, 1.165) is 13.0 Å². The van der Waals surface area contributed by atoms with E-state index in [4.69, 9.17) is 4.74 Å². The van der Waals surface area contributed by atoms with E-state index in [0.29, 0.717) is 5.41 Å². The third kappa shape index (κ3) is 4.11.